The number of aromatic nitrogens is 3. The van der Waals surface area contributed by atoms with Gasteiger partial charge in [-0.15, -0.1) is 11.3 Å². The largest absolute Gasteiger partial charge is 0.493 e. The van der Waals surface area contributed by atoms with Gasteiger partial charge in [0, 0.05) is 17.8 Å². The Labute approximate surface area is 171 Å². The van der Waals surface area contributed by atoms with Crippen molar-refractivity contribution in [2.45, 2.75) is 26.4 Å². The van der Waals surface area contributed by atoms with Crippen LogP contribution in [0.3, 0.4) is 0 Å². The number of para-hydroxylation sites is 1. The molecule has 0 bridgehead atoms. The standard InChI is InChI=1S/C20H20N4O4S/c1-3-27-16-8-5-4-7-15(16)19-23-14(12-29-19)11-17(25)28-13(2)18(26)24-20-21-9-6-10-22-20/h4-10,12-13H,3,11H2,1-2H3,(H,21,22,24,26). The van der Waals surface area contributed by atoms with E-state index in [0.29, 0.717) is 12.3 Å². The van der Waals surface area contributed by atoms with Crippen molar-refractivity contribution in [3.63, 3.8) is 0 Å². The average molecular weight is 412 g/mol. The normalized spacial score (nSPS) is 11.5. The van der Waals surface area contributed by atoms with E-state index in [1.807, 2.05) is 31.2 Å². The Kier molecular flexibility index (Phi) is 6.85. The summed E-state index contributed by atoms with van der Waals surface area (Å²) in [7, 11) is 0. The molecule has 2 aromatic heterocycles. The van der Waals surface area contributed by atoms with Gasteiger partial charge in [0.1, 0.15) is 10.8 Å². The lowest BCUT2D eigenvalue weighted by atomic mass is 10.2. The van der Waals surface area contributed by atoms with Crippen molar-refractivity contribution in [2.24, 2.45) is 0 Å². The smallest absolute Gasteiger partial charge is 0.312 e. The molecule has 9 heteroatoms. The third kappa shape index (κ3) is 5.58. The molecule has 1 N–H and O–H groups in total. The molecule has 150 valence electrons. The van der Waals surface area contributed by atoms with Crippen LogP contribution in [0.25, 0.3) is 10.6 Å². The van der Waals surface area contributed by atoms with Crippen LogP contribution in [0.2, 0.25) is 0 Å². The van der Waals surface area contributed by atoms with E-state index < -0.39 is 18.0 Å². The van der Waals surface area contributed by atoms with Gasteiger partial charge < -0.3 is 9.47 Å². The number of carbonyl (C=O) groups excluding carboxylic acids is 2. The third-order valence-electron chi connectivity index (χ3n) is 3.77. The Morgan fingerprint density at radius 3 is 2.69 bits per heavy atom. The summed E-state index contributed by atoms with van der Waals surface area (Å²) in [6.45, 7) is 3.96. The summed E-state index contributed by atoms with van der Waals surface area (Å²) >= 11 is 1.42. The summed E-state index contributed by atoms with van der Waals surface area (Å²) in [6, 6.07) is 9.24. The molecule has 0 spiro atoms. The van der Waals surface area contributed by atoms with Gasteiger partial charge in [-0.25, -0.2) is 15.0 Å². The molecule has 2 heterocycles. The second kappa shape index (κ2) is 9.74. The van der Waals surface area contributed by atoms with Crippen molar-refractivity contribution < 1.29 is 19.1 Å². The van der Waals surface area contributed by atoms with Gasteiger partial charge in [0.25, 0.3) is 5.91 Å². The van der Waals surface area contributed by atoms with Crippen LogP contribution in [0.15, 0.2) is 48.1 Å². The fraction of sp³-hybridized carbons (Fsp3) is 0.250. The lowest BCUT2D eigenvalue weighted by Crippen LogP contribution is -2.31. The number of benzene rings is 1. The quantitative estimate of drug-likeness (QED) is 0.567. The predicted octanol–water partition coefficient (Wildman–Crippen LogP) is 3.11. The Hall–Kier alpha value is -3.33. The molecular formula is C20H20N4O4S. The monoisotopic (exact) mass is 412 g/mol. The number of anilines is 1. The van der Waals surface area contributed by atoms with Crippen LogP contribution in [-0.2, 0) is 20.7 Å². The minimum atomic E-state index is -0.983. The minimum Gasteiger partial charge on any atom is -0.493 e. The highest BCUT2D eigenvalue weighted by Crippen LogP contribution is 2.32. The van der Waals surface area contributed by atoms with Gasteiger partial charge in [-0.2, -0.15) is 0 Å². The van der Waals surface area contributed by atoms with Gasteiger partial charge in [-0.3, -0.25) is 14.9 Å². The van der Waals surface area contributed by atoms with Gasteiger partial charge in [-0.1, -0.05) is 12.1 Å². The van der Waals surface area contributed by atoms with Gasteiger partial charge in [-0.05, 0) is 32.0 Å². The number of rotatable bonds is 8. The molecule has 0 fully saturated rings. The zero-order chi connectivity index (χ0) is 20.6. The highest BCUT2D eigenvalue weighted by atomic mass is 32.1. The molecule has 3 rings (SSSR count). The fourth-order valence-corrected chi connectivity index (χ4v) is 3.30. The van der Waals surface area contributed by atoms with Crippen molar-refractivity contribution in [1.29, 1.82) is 0 Å². The first kappa shape index (κ1) is 20.4. The number of carbonyl (C=O) groups is 2. The van der Waals surface area contributed by atoms with Gasteiger partial charge >= 0.3 is 5.97 Å². The molecule has 0 saturated carbocycles. The van der Waals surface area contributed by atoms with E-state index in [2.05, 4.69) is 20.3 Å². The van der Waals surface area contributed by atoms with Gasteiger partial charge in [0.2, 0.25) is 5.95 Å². The number of nitrogens with one attached hydrogen (secondary N) is 1. The second-order valence-corrected chi connectivity index (χ2v) is 6.80. The van der Waals surface area contributed by atoms with Crippen LogP contribution in [0.1, 0.15) is 19.5 Å². The Morgan fingerprint density at radius 1 is 1.17 bits per heavy atom. The predicted molar refractivity (Wildman–Crippen MR) is 109 cm³/mol. The Bertz CT molecular complexity index is 977. The first-order valence-corrected chi connectivity index (χ1v) is 9.88. The SMILES string of the molecule is CCOc1ccccc1-c1nc(CC(=O)OC(C)C(=O)Nc2ncccn2)cs1. The molecule has 1 aromatic carbocycles. The van der Waals surface area contributed by atoms with E-state index in [1.54, 1.807) is 11.4 Å². The summed E-state index contributed by atoms with van der Waals surface area (Å²) in [4.78, 5) is 36.6. The molecule has 0 radical (unpaired) electrons. The Morgan fingerprint density at radius 2 is 1.93 bits per heavy atom. The molecule has 8 nitrogen and oxygen atoms in total. The molecule has 0 aliphatic rings. The van der Waals surface area contributed by atoms with Gasteiger partial charge in [0.15, 0.2) is 6.10 Å². The minimum absolute atomic E-state index is 0.0350. The van der Waals surface area contributed by atoms with Crippen LogP contribution in [0.5, 0.6) is 5.75 Å². The maximum absolute atomic E-state index is 12.2. The lowest BCUT2D eigenvalue weighted by Gasteiger charge is -2.12. The van der Waals surface area contributed by atoms with E-state index in [9.17, 15) is 9.59 Å². The highest BCUT2D eigenvalue weighted by Gasteiger charge is 2.20. The van der Waals surface area contributed by atoms with E-state index >= 15 is 0 Å². The van der Waals surface area contributed by atoms with Gasteiger partial charge in [0.05, 0.1) is 24.3 Å². The van der Waals surface area contributed by atoms with Crippen LogP contribution in [-0.4, -0.2) is 39.5 Å². The first-order chi connectivity index (χ1) is 14.1. The second-order valence-electron chi connectivity index (χ2n) is 5.94. The zero-order valence-electron chi connectivity index (χ0n) is 16.0. The van der Waals surface area contributed by atoms with Crippen molar-refractivity contribution >= 4 is 29.2 Å². The molecule has 1 amide bonds. The van der Waals surface area contributed by atoms with Crippen LogP contribution in [0.4, 0.5) is 5.95 Å². The summed E-state index contributed by atoms with van der Waals surface area (Å²) in [5.74, 6) is -0.157. The fourth-order valence-electron chi connectivity index (χ4n) is 2.45. The van der Waals surface area contributed by atoms with Crippen LogP contribution < -0.4 is 10.1 Å². The maximum atomic E-state index is 12.2. The Balaban J connectivity index is 1.58. The highest BCUT2D eigenvalue weighted by molar-refractivity contribution is 7.13. The average Bonchev–Trinajstić information content (AvgIpc) is 3.17. The summed E-state index contributed by atoms with van der Waals surface area (Å²) in [5.41, 5.74) is 1.44. The number of esters is 1. The van der Waals surface area contributed by atoms with Crippen molar-refractivity contribution in [3.8, 4) is 16.3 Å². The number of hydrogen-bond acceptors (Lipinski definition) is 8. The lowest BCUT2D eigenvalue weighted by molar-refractivity contribution is -0.152. The van der Waals surface area contributed by atoms with Crippen LogP contribution >= 0.6 is 11.3 Å². The summed E-state index contributed by atoms with van der Waals surface area (Å²) in [6.07, 6.45) is 1.99. The molecule has 1 unspecified atom stereocenters. The van der Waals surface area contributed by atoms with Crippen molar-refractivity contribution in [1.82, 2.24) is 15.0 Å². The molecular weight excluding hydrogens is 392 g/mol. The number of hydrogen-bond donors (Lipinski definition) is 1. The summed E-state index contributed by atoms with van der Waals surface area (Å²) in [5, 5.41) is 5.04. The van der Waals surface area contributed by atoms with E-state index in [-0.39, 0.29) is 12.4 Å². The number of nitrogens with zero attached hydrogens (tertiary/aromatic N) is 3. The van der Waals surface area contributed by atoms with Crippen LogP contribution in [0, 0.1) is 0 Å². The molecule has 0 aliphatic heterocycles. The van der Waals surface area contributed by atoms with Crippen molar-refractivity contribution in [3.05, 3.63) is 53.8 Å². The third-order valence-corrected chi connectivity index (χ3v) is 4.70. The zero-order valence-corrected chi connectivity index (χ0v) is 16.8. The van der Waals surface area contributed by atoms with E-state index in [1.165, 1.54) is 30.7 Å². The molecule has 1 atom stereocenters. The number of ether oxygens (including phenoxy) is 2. The van der Waals surface area contributed by atoms with E-state index in [4.69, 9.17) is 9.47 Å². The molecule has 0 aliphatic carbocycles. The summed E-state index contributed by atoms with van der Waals surface area (Å²) < 4.78 is 10.8. The molecule has 0 saturated heterocycles. The number of amides is 1. The molecule has 3 aromatic rings. The molecule has 29 heavy (non-hydrogen) atoms. The topological polar surface area (TPSA) is 103 Å². The van der Waals surface area contributed by atoms with E-state index in [0.717, 1.165) is 16.3 Å². The first-order valence-electron chi connectivity index (χ1n) is 9.00. The van der Waals surface area contributed by atoms with Crippen molar-refractivity contribution in [2.75, 3.05) is 11.9 Å². The maximum Gasteiger partial charge on any atom is 0.312 e. The number of thiazole rings is 1.